The zero-order valence-electron chi connectivity index (χ0n) is 8.67. The molecule has 0 saturated heterocycles. The highest BCUT2D eigenvalue weighted by Gasteiger charge is 2.31. The fraction of sp³-hybridized carbons (Fsp3) is 0.364. The molecule has 1 heterocycles. The van der Waals surface area contributed by atoms with Gasteiger partial charge in [0.25, 0.3) is 0 Å². The van der Waals surface area contributed by atoms with Crippen LogP contribution in [0, 0.1) is 0 Å². The van der Waals surface area contributed by atoms with E-state index >= 15 is 0 Å². The van der Waals surface area contributed by atoms with Gasteiger partial charge in [0, 0.05) is 12.0 Å². The summed E-state index contributed by atoms with van der Waals surface area (Å²) in [4.78, 5) is 4.97. The molecule has 2 rings (SSSR count). The minimum atomic E-state index is -4.35. The smallest absolute Gasteiger partial charge is 0.391 e. The molecule has 92 valence electrons. The third-order valence-corrected chi connectivity index (χ3v) is 2.77. The lowest BCUT2D eigenvalue weighted by Gasteiger charge is -2.08. The van der Waals surface area contributed by atoms with Gasteiger partial charge >= 0.3 is 6.18 Å². The van der Waals surface area contributed by atoms with Crippen LogP contribution in [0.15, 0.2) is 29.4 Å². The molecule has 0 aromatic heterocycles. The van der Waals surface area contributed by atoms with E-state index in [1.165, 1.54) is 6.07 Å². The van der Waals surface area contributed by atoms with Gasteiger partial charge in [-0.05, 0) is 12.1 Å². The lowest BCUT2D eigenvalue weighted by atomic mass is 10.0. The molecule has 1 aliphatic heterocycles. The minimum absolute atomic E-state index is 0.249. The van der Waals surface area contributed by atoms with Crippen LogP contribution in [0.2, 0.25) is 0 Å². The summed E-state index contributed by atoms with van der Waals surface area (Å²) < 4.78 is 37.5. The second-order valence-corrected chi connectivity index (χ2v) is 4.01. The van der Waals surface area contributed by atoms with Crippen molar-refractivity contribution >= 4 is 17.3 Å². The average molecular weight is 264 g/mol. The van der Waals surface area contributed by atoms with Crippen molar-refractivity contribution < 1.29 is 18.0 Å². The van der Waals surface area contributed by atoms with Crippen molar-refractivity contribution in [1.82, 2.24) is 0 Å². The normalized spacial score (nSPS) is 20.0. The Kier molecular flexibility index (Phi) is 3.28. The van der Waals surface area contributed by atoms with Crippen LogP contribution in [0.25, 0.3) is 0 Å². The first-order valence-corrected chi connectivity index (χ1v) is 5.50. The Bertz CT molecular complexity index is 445. The van der Waals surface area contributed by atoms with Crippen LogP contribution in [0.1, 0.15) is 17.5 Å². The molecule has 0 bridgehead atoms. The topological polar surface area (TPSA) is 21.6 Å². The van der Waals surface area contributed by atoms with E-state index in [1.807, 2.05) is 0 Å². The predicted molar refractivity (Wildman–Crippen MR) is 58.2 cm³/mol. The van der Waals surface area contributed by atoms with E-state index < -0.39 is 11.7 Å². The molecule has 0 amide bonds. The summed E-state index contributed by atoms with van der Waals surface area (Å²) in [5, 5.41) is 3.75. The van der Waals surface area contributed by atoms with Crippen LogP contribution < -0.4 is 0 Å². The fourth-order valence-electron chi connectivity index (χ4n) is 1.56. The first kappa shape index (κ1) is 12.2. The summed E-state index contributed by atoms with van der Waals surface area (Å²) in [6, 6.07) is 5.03. The summed E-state index contributed by atoms with van der Waals surface area (Å²) in [5.74, 6) is 0.270. The summed E-state index contributed by atoms with van der Waals surface area (Å²) in [5.41, 5.74) is 0.237. The van der Waals surface area contributed by atoms with E-state index in [9.17, 15) is 13.2 Å². The molecular weight excluding hydrogens is 255 g/mol. The maximum absolute atomic E-state index is 12.5. The van der Waals surface area contributed by atoms with Gasteiger partial charge in [-0.2, -0.15) is 13.2 Å². The van der Waals surface area contributed by atoms with Gasteiger partial charge in [-0.25, -0.2) is 0 Å². The van der Waals surface area contributed by atoms with E-state index in [4.69, 9.17) is 16.4 Å². The van der Waals surface area contributed by atoms with Crippen molar-refractivity contribution in [3.05, 3.63) is 35.4 Å². The molecule has 17 heavy (non-hydrogen) atoms. The quantitative estimate of drug-likeness (QED) is 0.749. The molecule has 0 N–H and O–H groups in total. The van der Waals surface area contributed by atoms with Crippen LogP contribution in [0.3, 0.4) is 0 Å². The van der Waals surface area contributed by atoms with E-state index in [1.54, 1.807) is 6.07 Å². The Balaban J connectivity index is 2.23. The second kappa shape index (κ2) is 4.56. The Morgan fingerprint density at radius 2 is 2.18 bits per heavy atom. The van der Waals surface area contributed by atoms with Crippen molar-refractivity contribution in [2.24, 2.45) is 5.16 Å². The molecular formula is C11H9ClF3NO. The molecule has 1 aliphatic rings. The Morgan fingerprint density at radius 1 is 1.41 bits per heavy atom. The molecule has 0 radical (unpaired) electrons. The maximum atomic E-state index is 12.5. The van der Waals surface area contributed by atoms with Crippen molar-refractivity contribution in [2.45, 2.75) is 18.7 Å². The van der Waals surface area contributed by atoms with Crippen molar-refractivity contribution in [3.8, 4) is 0 Å². The van der Waals surface area contributed by atoms with Gasteiger partial charge in [-0.3, -0.25) is 0 Å². The van der Waals surface area contributed by atoms with E-state index in [-0.39, 0.29) is 12.0 Å². The fourth-order valence-corrected chi connectivity index (χ4v) is 1.72. The standard InChI is InChI=1S/C11H9ClF3NO/c12-6-9-5-10(16-17-9)7-2-1-3-8(4-7)11(13,14)15/h1-4,9H,5-6H2. The second-order valence-electron chi connectivity index (χ2n) is 3.70. The predicted octanol–water partition coefficient (Wildman–Crippen LogP) is 3.44. The number of nitrogens with zero attached hydrogens (tertiary/aromatic N) is 1. The van der Waals surface area contributed by atoms with Gasteiger partial charge in [0.15, 0.2) is 0 Å². The third kappa shape index (κ3) is 2.72. The summed E-state index contributed by atoms with van der Waals surface area (Å²) in [6.07, 6.45) is -4.16. The number of hydrogen-bond acceptors (Lipinski definition) is 2. The number of rotatable bonds is 2. The highest BCUT2D eigenvalue weighted by atomic mass is 35.5. The monoisotopic (exact) mass is 263 g/mol. The van der Waals surface area contributed by atoms with E-state index in [0.29, 0.717) is 17.7 Å². The Labute approximate surface area is 101 Å². The number of alkyl halides is 4. The molecule has 0 fully saturated rings. The van der Waals surface area contributed by atoms with Crippen LogP contribution >= 0.6 is 11.6 Å². The van der Waals surface area contributed by atoms with Gasteiger partial charge in [0.05, 0.1) is 17.2 Å². The molecule has 2 nitrogen and oxygen atoms in total. The zero-order valence-corrected chi connectivity index (χ0v) is 9.42. The largest absolute Gasteiger partial charge is 0.416 e. The molecule has 6 heteroatoms. The van der Waals surface area contributed by atoms with Crippen LogP contribution in [-0.2, 0) is 11.0 Å². The van der Waals surface area contributed by atoms with Crippen LogP contribution in [-0.4, -0.2) is 17.7 Å². The molecule has 0 aliphatic carbocycles. The van der Waals surface area contributed by atoms with Crippen molar-refractivity contribution in [2.75, 3.05) is 5.88 Å². The highest BCUT2D eigenvalue weighted by Crippen LogP contribution is 2.30. The van der Waals surface area contributed by atoms with Gasteiger partial charge in [-0.15, -0.1) is 11.6 Å². The number of benzene rings is 1. The van der Waals surface area contributed by atoms with Gasteiger partial charge in [0.1, 0.15) is 6.10 Å². The molecule has 1 atom stereocenters. The van der Waals surface area contributed by atoms with Crippen molar-refractivity contribution in [1.29, 1.82) is 0 Å². The average Bonchev–Trinajstić information content (AvgIpc) is 2.76. The highest BCUT2D eigenvalue weighted by molar-refractivity contribution is 6.18. The minimum Gasteiger partial charge on any atom is -0.391 e. The van der Waals surface area contributed by atoms with Gasteiger partial charge in [0.2, 0.25) is 0 Å². The molecule has 0 saturated carbocycles. The number of halogens is 4. The maximum Gasteiger partial charge on any atom is 0.416 e. The summed E-state index contributed by atoms with van der Waals surface area (Å²) in [6.45, 7) is 0. The number of hydrogen-bond donors (Lipinski definition) is 0. The van der Waals surface area contributed by atoms with Crippen LogP contribution in [0.5, 0.6) is 0 Å². The lowest BCUT2D eigenvalue weighted by molar-refractivity contribution is -0.137. The third-order valence-electron chi connectivity index (χ3n) is 2.43. The SMILES string of the molecule is FC(F)(F)c1cccc(C2=NOC(CCl)C2)c1. The van der Waals surface area contributed by atoms with Crippen LogP contribution in [0.4, 0.5) is 13.2 Å². The van der Waals surface area contributed by atoms with E-state index in [2.05, 4.69) is 5.16 Å². The summed E-state index contributed by atoms with van der Waals surface area (Å²) >= 11 is 5.59. The van der Waals surface area contributed by atoms with Crippen molar-refractivity contribution in [3.63, 3.8) is 0 Å². The molecule has 1 aromatic carbocycles. The zero-order chi connectivity index (χ0) is 12.5. The Morgan fingerprint density at radius 3 is 2.76 bits per heavy atom. The Hall–Kier alpha value is -1.23. The first-order valence-electron chi connectivity index (χ1n) is 4.97. The van der Waals surface area contributed by atoms with E-state index in [0.717, 1.165) is 12.1 Å². The molecule has 1 unspecified atom stereocenters. The van der Waals surface area contributed by atoms with Gasteiger partial charge in [-0.1, -0.05) is 17.3 Å². The number of oxime groups is 1. The molecule has 0 spiro atoms. The lowest BCUT2D eigenvalue weighted by Crippen LogP contribution is -2.11. The first-order chi connectivity index (χ1) is 8.00. The van der Waals surface area contributed by atoms with Gasteiger partial charge < -0.3 is 4.84 Å². The summed E-state index contributed by atoms with van der Waals surface area (Å²) in [7, 11) is 0. The molecule has 1 aromatic rings.